The number of hydrogen-bond donors (Lipinski definition) is 1. The molecule has 0 aromatic carbocycles. The van der Waals surface area contributed by atoms with Crippen LogP contribution < -0.4 is 5.32 Å². The molecule has 1 aliphatic rings. The number of rotatable bonds is 9. The Morgan fingerprint density at radius 3 is 3.08 bits per heavy atom. The summed E-state index contributed by atoms with van der Waals surface area (Å²) >= 11 is 1.81. The molecule has 1 N–H and O–H groups in total. The number of nitrogens with zero attached hydrogens (tertiary/aromatic N) is 2. The number of guanidine groups is 1. The van der Waals surface area contributed by atoms with Crippen LogP contribution in [-0.2, 0) is 15.9 Å². The number of likely N-dealkylation sites (N-methyl/N-ethyl adjacent to an activating group) is 1. The number of aliphatic imine (C=N–C) groups is 1. The molecule has 1 saturated heterocycles. The Hall–Kier alpha value is -0.380. The molecule has 1 atom stereocenters. The number of ether oxygens (including phenoxy) is 2. The van der Waals surface area contributed by atoms with Gasteiger partial charge in [0, 0.05) is 51.2 Å². The normalized spacial score (nSPS) is 17.6. The molecule has 0 spiro atoms. The van der Waals surface area contributed by atoms with Crippen LogP contribution in [-0.4, -0.2) is 64.5 Å². The van der Waals surface area contributed by atoms with Gasteiger partial charge in [-0.15, -0.1) is 35.3 Å². The predicted octanol–water partition coefficient (Wildman–Crippen LogP) is 2.86. The maximum atomic E-state index is 5.72. The van der Waals surface area contributed by atoms with E-state index in [0.717, 1.165) is 64.7 Å². The van der Waals surface area contributed by atoms with Gasteiger partial charge in [-0.05, 0) is 30.7 Å². The first-order chi connectivity index (χ1) is 11.3. The van der Waals surface area contributed by atoms with Gasteiger partial charge in [0.1, 0.15) is 0 Å². The van der Waals surface area contributed by atoms with Crippen LogP contribution in [0.3, 0.4) is 0 Å². The highest BCUT2D eigenvalue weighted by Crippen LogP contribution is 2.12. The highest BCUT2D eigenvalue weighted by Gasteiger charge is 2.15. The molecule has 0 amide bonds. The molecule has 0 aliphatic carbocycles. The van der Waals surface area contributed by atoms with E-state index < -0.39 is 0 Å². The first-order valence-electron chi connectivity index (χ1n) is 8.39. The van der Waals surface area contributed by atoms with Crippen LogP contribution in [0, 0.1) is 5.92 Å². The molecule has 138 valence electrons. The van der Waals surface area contributed by atoms with Gasteiger partial charge in [-0.2, -0.15) is 0 Å². The van der Waals surface area contributed by atoms with E-state index in [0.29, 0.717) is 5.92 Å². The molecule has 1 aromatic rings. The highest BCUT2D eigenvalue weighted by atomic mass is 127. The zero-order valence-corrected chi connectivity index (χ0v) is 17.8. The molecule has 2 rings (SSSR count). The Morgan fingerprint density at radius 2 is 2.42 bits per heavy atom. The lowest BCUT2D eigenvalue weighted by Gasteiger charge is -2.21. The van der Waals surface area contributed by atoms with Crippen LogP contribution in [0.4, 0.5) is 0 Å². The second kappa shape index (κ2) is 12.9. The van der Waals surface area contributed by atoms with Crippen LogP contribution in [0.15, 0.2) is 22.5 Å². The van der Waals surface area contributed by atoms with Crippen molar-refractivity contribution in [3.63, 3.8) is 0 Å². The van der Waals surface area contributed by atoms with Gasteiger partial charge < -0.3 is 19.7 Å². The third-order valence-corrected chi connectivity index (χ3v) is 4.91. The Balaban J connectivity index is 0.00000288. The van der Waals surface area contributed by atoms with E-state index in [-0.39, 0.29) is 24.0 Å². The Bertz CT molecular complexity index is 451. The molecule has 0 saturated carbocycles. The van der Waals surface area contributed by atoms with Crippen molar-refractivity contribution in [1.82, 2.24) is 10.2 Å². The smallest absolute Gasteiger partial charge is 0.193 e. The number of thiophene rings is 1. The quantitative estimate of drug-likeness (QED) is 0.263. The highest BCUT2D eigenvalue weighted by molar-refractivity contribution is 14.0. The molecule has 0 bridgehead atoms. The summed E-state index contributed by atoms with van der Waals surface area (Å²) in [7, 11) is 3.92. The fourth-order valence-corrected chi connectivity index (χ4v) is 3.26. The molecule has 24 heavy (non-hydrogen) atoms. The molecular weight excluding hydrogens is 437 g/mol. The summed E-state index contributed by atoms with van der Waals surface area (Å²) in [6.07, 6.45) is 3.19. The van der Waals surface area contributed by atoms with Gasteiger partial charge in [-0.3, -0.25) is 4.99 Å². The third-order valence-electron chi connectivity index (χ3n) is 3.97. The van der Waals surface area contributed by atoms with Gasteiger partial charge in [0.05, 0.1) is 13.2 Å². The lowest BCUT2D eigenvalue weighted by atomic mass is 10.1. The topological polar surface area (TPSA) is 46.1 Å². The van der Waals surface area contributed by atoms with E-state index in [1.165, 1.54) is 4.88 Å². The standard InChI is InChI=1S/C17H29N3O2S.HI/c1-18-17(20(2)9-6-16-5-3-12-23-16)19-8-4-10-21-13-15-7-11-22-14-15;/h3,5,12,15H,4,6-11,13-14H2,1-2H3,(H,18,19);1H. The summed E-state index contributed by atoms with van der Waals surface area (Å²) in [5, 5.41) is 5.53. The summed E-state index contributed by atoms with van der Waals surface area (Å²) in [6, 6.07) is 4.28. The monoisotopic (exact) mass is 467 g/mol. The minimum atomic E-state index is 0. The zero-order valence-electron chi connectivity index (χ0n) is 14.7. The van der Waals surface area contributed by atoms with E-state index in [1.807, 2.05) is 18.4 Å². The third kappa shape index (κ3) is 8.13. The Kier molecular flexibility index (Phi) is 11.7. The van der Waals surface area contributed by atoms with Crippen molar-refractivity contribution in [2.24, 2.45) is 10.9 Å². The van der Waals surface area contributed by atoms with Gasteiger partial charge in [-0.25, -0.2) is 0 Å². The van der Waals surface area contributed by atoms with Crippen molar-refractivity contribution < 1.29 is 9.47 Å². The van der Waals surface area contributed by atoms with Gasteiger partial charge >= 0.3 is 0 Å². The van der Waals surface area contributed by atoms with Crippen LogP contribution in [0.25, 0.3) is 0 Å². The van der Waals surface area contributed by atoms with Gasteiger partial charge in [0.25, 0.3) is 0 Å². The molecule has 1 aliphatic heterocycles. The summed E-state index contributed by atoms with van der Waals surface area (Å²) in [5.41, 5.74) is 0. The van der Waals surface area contributed by atoms with E-state index in [2.05, 4.69) is 39.8 Å². The number of hydrogen-bond acceptors (Lipinski definition) is 4. The summed E-state index contributed by atoms with van der Waals surface area (Å²) < 4.78 is 11.1. The van der Waals surface area contributed by atoms with Crippen molar-refractivity contribution in [1.29, 1.82) is 0 Å². The second-order valence-corrected chi connectivity index (χ2v) is 6.92. The SMILES string of the molecule is CN=C(NCCCOCC1CCOC1)N(C)CCc1cccs1.I. The van der Waals surface area contributed by atoms with Crippen molar-refractivity contribution in [2.75, 3.05) is 53.6 Å². The molecular formula is C17H30IN3O2S. The van der Waals surface area contributed by atoms with Crippen LogP contribution in [0.5, 0.6) is 0 Å². The van der Waals surface area contributed by atoms with Crippen molar-refractivity contribution in [3.8, 4) is 0 Å². The van der Waals surface area contributed by atoms with Crippen molar-refractivity contribution >= 4 is 41.3 Å². The van der Waals surface area contributed by atoms with Gasteiger partial charge in [0.2, 0.25) is 0 Å². The summed E-state index contributed by atoms with van der Waals surface area (Å²) in [6.45, 7) is 5.23. The van der Waals surface area contributed by atoms with Crippen LogP contribution in [0.2, 0.25) is 0 Å². The maximum Gasteiger partial charge on any atom is 0.193 e. The minimum Gasteiger partial charge on any atom is -0.381 e. The average molecular weight is 467 g/mol. The largest absolute Gasteiger partial charge is 0.381 e. The van der Waals surface area contributed by atoms with E-state index in [4.69, 9.17) is 9.47 Å². The predicted molar refractivity (Wildman–Crippen MR) is 112 cm³/mol. The fourth-order valence-electron chi connectivity index (χ4n) is 2.56. The van der Waals surface area contributed by atoms with Crippen LogP contribution in [0.1, 0.15) is 17.7 Å². The molecule has 7 heteroatoms. The summed E-state index contributed by atoms with van der Waals surface area (Å²) in [5.74, 6) is 1.55. The maximum absolute atomic E-state index is 5.72. The van der Waals surface area contributed by atoms with Gasteiger partial charge in [-0.1, -0.05) is 6.07 Å². The lowest BCUT2D eigenvalue weighted by Crippen LogP contribution is -2.40. The molecule has 1 unspecified atom stereocenters. The van der Waals surface area contributed by atoms with E-state index >= 15 is 0 Å². The lowest BCUT2D eigenvalue weighted by molar-refractivity contribution is 0.0887. The van der Waals surface area contributed by atoms with Crippen molar-refractivity contribution in [3.05, 3.63) is 22.4 Å². The second-order valence-electron chi connectivity index (χ2n) is 5.88. The summed E-state index contributed by atoms with van der Waals surface area (Å²) in [4.78, 5) is 7.94. The van der Waals surface area contributed by atoms with Crippen molar-refractivity contribution in [2.45, 2.75) is 19.3 Å². The Morgan fingerprint density at radius 1 is 1.54 bits per heavy atom. The van der Waals surface area contributed by atoms with Gasteiger partial charge in [0.15, 0.2) is 5.96 Å². The molecule has 2 heterocycles. The number of halogens is 1. The first kappa shape index (κ1) is 21.7. The number of nitrogens with one attached hydrogen (secondary N) is 1. The minimum absolute atomic E-state index is 0. The Labute approximate surface area is 166 Å². The van der Waals surface area contributed by atoms with Crippen LogP contribution >= 0.6 is 35.3 Å². The fraction of sp³-hybridized carbons (Fsp3) is 0.706. The van der Waals surface area contributed by atoms with E-state index in [1.54, 1.807) is 0 Å². The molecule has 5 nitrogen and oxygen atoms in total. The first-order valence-corrected chi connectivity index (χ1v) is 9.27. The molecule has 0 radical (unpaired) electrons. The van der Waals surface area contributed by atoms with E-state index in [9.17, 15) is 0 Å². The zero-order chi connectivity index (χ0) is 16.3. The molecule has 1 fully saturated rings. The average Bonchev–Trinajstić information content (AvgIpc) is 3.25. The molecule has 1 aromatic heterocycles.